The van der Waals surface area contributed by atoms with E-state index in [0.29, 0.717) is 18.6 Å². The Balaban J connectivity index is 1.67. The molecule has 2 heterocycles. The summed E-state index contributed by atoms with van der Waals surface area (Å²) in [7, 11) is 0. The molecule has 0 radical (unpaired) electrons. The topological polar surface area (TPSA) is 88.4 Å². The fraction of sp³-hybridized carbons (Fsp3) is 0.455. The average Bonchev–Trinajstić information content (AvgIpc) is 3.05. The molecule has 0 aromatic heterocycles. The molecule has 7 heteroatoms. The summed E-state index contributed by atoms with van der Waals surface area (Å²) in [4.78, 5) is 0. The average molecular weight is 465 g/mol. The standard InChI is InChI=1S/C22H25BrO6/c1-3-27-16-6-4-13(5-7-16)8-14-9-17-15(10-18(14)23)11-28-22(17)21(26)20(25)19(24)12(2)29-22/h4-7,9-10,12,19-21,24-26H,3,8,11H2,1-2H3/t12-,19-,20+,21-,22+/m1/s1. The van der Waals surface area contributed by atoms with Crippen molar-refractivity contribution in [1.29, 1.82) is 0 Å². The zero-order valence-electron chi connectivity index (χ0n) is 16.3. The van der Waals surface area contributed by atoms with Gasteiger partial charge in [0, 0.05) is 10.0 Å². The quantitative estimate of drug-likeness (QED) is 0.644. The summed E-state index contributed by atoms with van der Waals surface area (Å²) < 4.78 is 18.2. The lowest BCUT2D eigenvalue weighted by Gasteiger charge is -2.45. The van der Waals surface area contributed by atoms with Gasteiger partial charge in [0.2, 0.25) is 5.79 Å². The molecule has 1 spiro atoms. The van der Waals surface area contributed by atoms with Crippen molar-refractivity contribution in [1.82, 2.24) is 0 Å². The molecule has 1 saturated heterocycles. The van der Waals surface area contributed by atoms with Crippen molar-refractivity contribution >= 4 is 15.9 Å². The van der Waals surface area contributed by atoms with Crippen LogP contribution in [-0.4, -0.2) is 46.3 Å². The Morgan fingerprint density at radius 1 is 1.14 bits per heavy atom. The van der Waals surface area contributed by atoms with Crippen LogP contribution in [0.1, 0.15) is 36.1 Å². The Labute approximate surface area is 178 Å². The van der Waals surface area contributed by atoms with Gasteiger partial charge in [-0.25, -0.2) is 0 Å². The van der Waals surface area contributed by atoms with Crippen LogP contribution in [0.4, 0.5) is 0 Å². The molecule has 0 saturated carbocycles. The van der Waals surface area contributed by atoms with Gasteiger partial charge in [-0.1, -0.05) is 28.1 Å². The number of rotatable bonds is 4. The molecule has 3 N–H and O–H groups in total. The molecule has 1 fully saturated rings. The van der Waals surface area contributed by atoms with Crippen molar-refractivity contribution in [3.63, 3.8) is 0 Å². The van der Waals surface area contributed by atoms with E-state index >= 15 is 0 Å². The highest BCUT2D eigenvalue weighted by Crippen LogP contribution is 2.47. The Bertz CT molecular complexity index is 886. The predicted octanol–water partition coefficient (Wildman–Crippen LogP) is 2.62. The molecule has 29 heavy (non-hydrogen) atoms. The molecular weight excluding hydrogens is 440 g/mol. The van der Waals surface area contributed by atoms with E-state index in [0.717, 1.165) is 26.9 Å². The first-order chi connectivity index (χ1) is 13.9. The third-order valence-corrected chi connectivity index (χ3v) is 6.36. The number of fused-ring (bicyclic) bond motifs is 2. The summed E-state index contributed by atoms with van der Waals surface area (Å²) in [6.07, 6.45) is -3.95. The normalized spacial score (nSPS) is 31.1. The Kier molecular flexibility index (Phi) is 5.72. The van der Waals surface area contributed by atoms with Crippen LogP contribution in [0.25, 0.3) is 0 Å². The lowest BCUT2D eigenvalue weighted by atomic mass is 9.86. The molecule has 0 amide bonds. The van der Waals surface area contributed by atoms with Crippen molar-refractivity contribution in [2.75, 3.05) is 6.61 Å². The molecule has 2 aromatic rings. The highest BCUT2D eigenvalue weighted by atomic mass is 79.9. The van der Waals surface area contributed by atoms with Gasteiger partial charge >= 0.3 is 0 Å². The van der Waals surface area contributed by atoms with Gasteiger partial charge in [-0.2, -0.15) is 0 Å². The zero-order valence-corrected chi connectivity index (χ0v) is 17.9. The minimum Gasteiger partial charge on any atom is -0.494 e. The second-order valence-electron chi connectivity index (χ2n) is 7.56. The van der Waals surface area contributed by atoms with Crippen LogP contribution >= 0.6 is 15.9 Å². The summed E-state index contributed by atoms with van der Waals surface area (Å²) in [5.74, 6) is -0.654. The number of ether oxygens (including phenoxy) is 3. The molecule has 5 atom stereocenters. The third kappa shape index (κ3) is 3.60. The summed E-state index contributed by atoms with van der Waals surface area (Å²) in [6.45, 7) is 4.48. The van der Waals surface area contributed by atoms with E-state index in [1.54, 1.807) is 6.92 Å². The fourth-order valence-electron chi connectivity index (χ4n) is 4.04. The van der Waals surface area contributed by atoms with Crippen molar-refractivity contribution < 1.29 is 29.5 Å². The molecule has 2 aliphatic heterocycles. The van der Waals surface area contributed by atoms with E-state index in [1.165, 1.54) is 0 Å². The van der Waals surface area contributed by atoms with E-state index in [4.69, 9.17) is 14.2 Å². The molecule has 0 bridgehead atoms. The van der Waals surface area contributed by atoms with E-state index < -0.39 is 30.2 Å². The maximum absolute atomic E-state index is 10.7. The molecule has 6 nitrogen and oxygen atoms in total. The van der Waals surface area contributed by atoms with Crippen LogP contribution < -0.4 is 4.74 Å². The van der Waals surface area contributed by atoms with E-state index in [-0.39, 0.29) is 6.61 Å². The highest BCUT2D eigenvalue weighted by Gasteiger charge is 2.57. The third-order valence-electron chi connectivity index (χ3n) is 5.62. The second kappa shape index (κ2) is 7.98. The lowest BCUT2D eigenvalue weighted by molar-refractivity contribution is -0.362. The summed E-state index contributed by atoms with van der Waals surface area (Å²) in [6, 6.07) is 11.8. The van der Waals surface area contributed by atoms with Crippen LogP contribution in [0.3, 0.4) is 0 Å². The molecule has 2 aliphatic rings. The molecule has 4 rings (SSSR count). The van der Waals surface area contributed by atoms with Gasteiger partial charge in [0.1, 0.15) is 24.1 Å². The summed E-state index contributed by atoms with van der Waals surface area (Å²) in [5, 5.41) is 31.1. The lowest BCUT2D eigenvalue weighted by Crippen LogP contribution is -2.62. The van der Waals surface area contributed by atoms with Gasteiger partial charge in [0.15, 0.2) is 0 Å². The van der Waals surface area contributed by atoms with Gasteiger partial charge in [0.05, 0.1) is 19.3 Å². The molecule has 0 aliphatic carbocycles. The van der Waals surface area contributed by atoms with Gasteiger partial charge in [-0.05, 0) is 61.2 Å². The molecule has 2 aromatic carbocycles. The van der Waals surface area contributed by atoms with Crippen LogP contribution in [0.5, 0.6) is 5.75 Å². The monoisotopic (exact) mass is 464 g/mol. The largest absolute Gasteiger partial charge is 0.494 e. The first-order valence-electron chi connectivity index (χ1n) is 9.75. The number of aliphatic hydroxyl groups is 3. The molecule has 0 unspecified atom stereocenters. The fourth-order valence-corrected chi connectivity index (χ4v) is 4.57. The minimum atomic E-state index is -1.48. The second-order valence-corrected chi connectivity index (χ2v) is 8.41. The van der Waals surface area contributed by atoms with Crippen molar-refractivity contribution in [2.24, 2.45) is 0 Å². The van der Waals surface area contributed by atoms with Crippen LogP contribution in [0.15, 0.2) is 40.9 Å². The van der Waals surface area contributed by atoms with Gasteiger partial charge in [-0.3, -0.25) is 0 Å². The SMILES string of the molecule is CCOc1ccc(Cc2cc3c(cc2Br)CO[C@]32O[C@H](C)[C@@H](O)[C@H](O)[C@H]2O)cc1. The van der Waals surface area contributed by atoms with E-state index in [1.807, 2.05) is 43.3 Å². The van der Waals surface area contributed by atoms with Crippen molar-refractivity contribution in [2.45, 2.75) is 57.1 Å². The van der Waals surface area contributed by atoms with Crippen molar-refractivity contribution in [3.8, 4) is 5.75 Å². The van der Waals surface area contributed by atoms with Gasteiger partial charge in [-0.15, -0.1) is 0 Å². The minimum absolute atomic E-state index is 0.254. The first-order valence-corrected chi connectivity index (χ1v) is 10.5. The summed E-state index contributed by atoms with van der Waals surface area (Å²) in [5.41, 5.74) is 3.67. The molecular formula is C22H25BrO6. The van der Waals surface area contributed by atoms with Crippen LogP contribution in [-0.2, 0) is 28.3 Å². The van der Waals surface area contributed by atoms with Crippen LogP contribution in [0.2, 0.25) is 0 Å². The first kappa shape index (κ1) is 20.8. The predicted molar refractivity (Wildman–Crippen MR) is 110 cm³/mol. The Morgan fingerprint density at radius 3 is 2.55 bits per heavy atom. The van der Waals surface area contributed by atoms with Crippen LogP contribution in [0, 0.1) is 0 Å². The number of hydrogen-bond donors (Lipinski definition) is 3. The Hall–Kier alpha value is -1.48. The Morgan fingerprint density at radius 2 is 1.86 bits per heavy atom. The van der Waals surface area contributed by atoms with Crippen molar-refractivity contribution in [3.05, 3.63) is 63.1 Å². The number of benzene rings is 2. The number of aliphatic hydroxyl groups excluding tert-OH is 3. The smallest absolute Gasteiger partial charge is 0.225 e. The zero-order chi connectivity index (χ0) is 20.8. The maximum Gasteiger partial charge on any atom is 0.225 e. The highest BCUT2D eigenvalue weighted by molar-refractivity contribution is 9.10. The van der Waals surface area contributed by atoms with E-state index in [9.17, 15) is 15.3 Å². The summed E-state index contributed by atoms with van der Waals surface area (Å²) >= 11 is 3.63. The van der Waals surface area contributed by atoms with Gasteiger partial charge in [0.25, 0.3) is 0 Å². The number of halogens is 1. The molecule has 156 valence electrons. The number of hydrogen-bond acceptors (Lipinski definition) is 6. The van der Waals surface area contributed by atoms with E-state index in [2.05, 4.69) is 15.9 Å². The van der Waals surface area contributed by atoms with Gasteiger partial charge < -0.3 is 29.5 Å². The maximum atomic E-state index is 10.7.